The second-order valence-electron chi connectivity index (χ2n) is 6.66. The van der Waals surface area contributed by atoms with Crippen LogP contribution in [0.3, 0.4) is 0 Å². The van der Waals surface area contributed by atoms with E-state index in [0.717, 1.165) is 12.5 Å². The molecule has 0 fully saturated rings. The van der Waals surface area contributed by atoms with Crippen LogP contribution in [0.4, 0.5) is 5.69 Å². The van der Waals surface area contributed by atoms with Gasteiger partial charge in [-0.05, 0) is 36.0 Å². The Balaban J connectivity index is 2.73. The van der Waals surface area contributed by atoms with Crippen molar-refractivity contribution in [1.82, 2.24) is 0 Å². The van der Waals surface area contributed by atoms with Crippen LogP contribution in [0.25, 0.3) is 0 Å². The zero-order valence-corrected chi connectivity index (χ0v) is 12.9. The van der Waals surface area contributed by atoms with Crippen molar-refractivity contribution in [1.29, 1.82) is 0 Å². The number of carbonyl (C=O) groups is 2. The maximum absolute atomic E-state index is 12.0. The maximum atomic E-state index is 12.0. The molecule has 0 aliphatic heterocycles. The molecule has 1 rings (SSSR count). The van der Waals surface area contributed by atoms with E-state index in [4.69, 9.17) is 5.11 Å². The molecule has 1 aromatic rings. The molecule has 0 aliphatic rings. The highest BCUT2D eigenvalue weighted by Crippen LogP contribution is 2.27. The van der Waals surface area contributed by atoms with Gasteiger partial charge < -0.3 is 15.5 Å². The smallest absolute Gasteiger partial charge is 0.337 e. The predicted octanol–water partition coefficient (Wildman–Crippen LogP) is 3.49. The van der Waals surface area contributed by atoms with E-state index >= 15 is 0 Å². The van der Waals surface area contributed by atoms with Crippen LogP contribution in [0.5, 0.6) is 5.75 Å². The van der Waals surface area contributed by atoms with Crippen LogP contribution in [-0.4, -0.2) is 22.1 Å². The van der Waals surface area contributed by atoms with E-state index in [0.29, 0.717) is 6.42 Å². The molecule has 0 saturated heterocycles. The molecule has 1 unspecified atom stereocenters. The highest BCUT2D eigenvalue weighted by atomic mass is 16.4. The summed E-state index contributed by atoms with van der Waals surface area (Å²) in [5.74, 6) is -1.36. The average Bonchev–Trinajstić information content (AvgIpc) is 2.28. The predicted molar refractivity (Wildman–Crippen MR) is 81.5 cm³/mol. The molecule has 21 heavy (non-hydrogen) atoms. The lowest BCUT2D eigenvalue weighted by atomic mass is 9.84. The normalized spacial score (nSPS) is 12.8. The van der Waals surface area contributed by atoms with Gasteiger partial charge in [-0.25, -0.2) is 4.79 Å². The number of hydrogen-bond donors (Lipinski definition) is 3. The first-order valence-corrected chi connectivity index (χ1v) is 6.94. The van der Waals surface area contributed by atoms with Gasteiger partial charge in [0.05, 0.1) is 11.3 Å². The van der Waals surface area contributed by atoms with Crippen molar-refractivity contribution in [2.24, 2.45) is 11.3 Å². The fraction of sp³-hybridized carbons (Fsp3) is 0.500. The van der Waals surface area contributed by atoms with Crippen LogP contribution >= 0.6 is 0 Å². The summed E-state index contributed by atoms with van der Waals surface area (Å²) in [5.41, 5.74) is 0.227. The first-order valence-electron chi connectivity index (χ1n) is 6.94. The van der Waals surface area contributed by atoms with Gasteiger partial charge in [0.1, 0.15) is 5.75 Å². The second-order valence-corrected chi connectivity index (χ2v) is 6.66. The van der Waals surface area contributed by atoms with Crippen molar-refractivity contribution in [3.63, 3.8) is 0 Å². The van der Waals surface area contributed by atoms with Crippen molar-refractivity contribution in [2.75, 3.05) is 5.32 Å². The quantitative estimate of drug-likeness (QED) is 0.725. The molecule has 116 valence electrons. The lowest BCUT2D eigenvalue weighted by molar-refractivity contribution is -0.117. The molecule has 0 aliphatic carbocycles. The number of hydrogen-bond acceptors (Lipinski definition) is 3. The number of anilines is 1. The van der Waals surface area contributed by atoms with Crippen molar-refractivity contribution in [3.8, 4) is 5.75 Å². The Kier molecular flexibility index (Phi) is 5.35. The van der Waals surface area contributed by atoms with Crippen molar-refractivity contribution < 1.29 is 19.8 Å². The minimum Gasteiger partial charge on any atom is -0.508 e. The van der Waals surface area contributed by atoms with Gasteiger partial charge in [-0.15, -0.1) is 0 Å². The number of phenols is 1. The van der Waals surface area contributed by atoms with Gasteiger partial charge in [-0.2, -0.15) is 0 Å². The highest BCUT2D eigenvalue weighted by Gasteiger charge is 2.19. The molecule has 0 bridgehead atoms. The summed E-state index contributed by atoms with van der Waals surface area (Å²) in [4.78, 5) is 23.1. The van der Waals surface area contributed by atoms with Crippen molar-refractivity contribution in [2.45, 2.75) is 40.5 Å². The van der Waals surface area contributed by atoms with Crippen molar-refractivity contribution >= 4 is 17.6 Å². The van der Waals surface area contributed by atoms with Gasteiger partial charge in [-0.3, -0.25) is 4.79 Å². The molecule has 5 heteroatoms. The van der Waals surface area contributed by atoms with Crippen LogP contribution in [0.1, 0.15) is 50.9 Å². The van der Waals surface area contributed by atoms with Gasteiger partial charge in [0, 0.05) is 6.42 Å². The monoisotopic (exact) mass is 293 g/mol. The molecule has 3 N–H and O–H groups in total. The fourth-order valence-corrected chi connectivity index (χ4v) is 2.45. The molecular formula is C16H23NO4. The number of phenolic OH excluding ortho intramolecular Hbond substituents is 1. The van der Waals surface area contributed by atoms with E-state index in [1.165, 1.54) is 12.1 Å². The summed E-state index contributed by atoms with van der Waals surface area (Å²) in [7, 11) is 0. The number of nitrogens with one attached hydrogen (secondary N) is 1. The minimum atomic E-state index is -1.19. The Labute approximate surface area is 125 Å². The second kappa shape index (κ2) is 6.61. The molecule has 0 spiro atoms. The molecule has 0 radical (unpaired) electrons. The van der Waals surface area contributed by atoms with Gasteiger partial charge in [-0.1, -0.05) is 27.7 Å². The summed E-state index contributed by atoms with van der Waals surface area (Å²) in [6, 6.07) is 3.86. The molecule has 1 atom stereocenters. The zero-order chi connectivity index (χ0) is 16.2. The third kappa shape index (κ3) is 5.85. The van der Waals surface area contributed by atoms with Crippen LogP contribution in [-0.2, 0) is 4.79 Å². The van der Waals surface area contributed by atoms with E-state index in [1.54, 1.807) is 0 Å². The van der Waals surface area contributed by atoms with Crippen LogP contribution in [0.15, 0.2) is 18.2 Å². The Morgan fingerprint density at radius 2 is 1.90 bits per heavy atom. The number of carboxylic acids is 1. The third-order valence-electron chi connectivity index (χ3n) is 3.00. The summed E-state index contributed by atoms with van der Waals surface area (Å²) in [5, 5.41) is 21.0. The molecular weight excluding hydrogens is 270 g/mol. The Morgan fingerprint density at radius 1 is 1.29 bits per heavy atom. The zero-order valence-electron chi connectivity index (χ0n) is 12.9. The Morgan fingerprint density at radius 3 is 2.43 bits per heavy atom. The summed E-state index contributed by atoms with van der Waals surface area (Å²) >= 11 is 0. The Hall–Kier alpha value is -2.04. The lowest BCUT2D eigenvalue weighted by Gasteiger charge is -2.22. The number of carbonyl (C=O) groups excluding carboxylic acids is 1. The molecule has 5 nitrogen and oxygen atoms in total. The van der Waals surface area contributed by atoms with E-state index in [2.05, 4.69) is 26.1 Å². The van der Waals surface area contributed by atoms with Crippen LogP contribution < -0.4 is 5.32 Å². The molecule has 1 aromatic carbocycles. The Bertz CT molecular complexity index is 532. The van der Waals surface area contributed by atoms with Gasteiger partial charge in [0.25, 0.3) is 0 Å². The first kappa shape index (κ1) is 17.0. The van der Waals surface area contributed by atoms with Crippen LogP contribution in [0, 0.1) is 11.3 Å². The summed E-state index contributed by atoms with van der Waals surface area (Å²) in [6.07, 6.45) is 1.24. The van der Waals surface area contributed by atoms with E-state index < -0.39 is 5.97 Å². The molecule has 1 amide bonds. The first-order chi connectivity index (χ1) is 9.58. The number of aromatic carboxylic acids is 1. The van der Waals surface area contributed by atoms with Crippen LogP contribution in [0.2, 0.25) is 0 Å². The number of rotatable bonds is 5. The summed E-state index contributed by atoms with van der Waals surface area (Å²) in [6.45, 7) is 8.34. The molecule has 0 heterocycles. The topological polar surface area (TPSA) is 86.6 Å². The summed E-state index contributed by atoms with van der Waals surface area (Å²) < 4.78 is 0. The number of benzene rings is 1. The average molecular weight is 293 g/mol. The standard InChI is InChI=1S/C16H23NO4/c1-10(9-16(2,3)4)7-14(19)17-13-6-5-11(18)8-12(13)15(20)21/h5-6,8,10,18H,7,9H2,1-4H3,(H,17,19)(H,20,21). The van der Waals surface area contributed by atoms with Gasteiger partial charge in [0.2, 0.25) is 5.91 Å². The van der Waals surface area contributed by atoms with E-state index in [9.17, 15) is 14.7 Å². The minimum absolute atomic E-state index is 0.119. The van der Waals surface area contributed by atoms with Crippen molar-refractivity contribution in [3.05, 3.63) is 23.8 Å². The fourth-order valence-electron chi connectivity index (χ4n) is 2.45. The van der Waals surface area contributed by atoms with E-state index in [-0.39, 0.29) is 34.2 Å². The molecule has 0 saturated carbocycles. The highest BCUT2D eigenvalue weighted by molar-refractivity contribution is 6.00. The lowest BCUT2D eigenvalue weighted by Crippen LogP contribution is -2.20. The van der Waals surface area contributed by atoms with E-state index in [1.807, 2.05) is 6.92 Å². The number of carboxylic acid groups (broad SMARTS) is 1. The SMILES string of the molecule is CC(CC(=O)Nc1ccc(O)cc1C(=O)O)CC(C)(C)C. The van der Waals surface area contributed by atoms with Gasteiger partial charge >= 0.3 is 5.97 Å². The number of amides is 1. The van der Waals surface area contributed by atoms with Gasteiger partial charge in [0.15, 0.2) is 0 Å². The third-order valence-corrected chi connectivity index (χ3v) is 3.00. The number of aromatic hydroxyl groups is 1. The maximum Gasteiger partial charge on any atom is 0.337 e. The largest absolute Gasteiger partial charge is 0.508 e. The molecule has 0 aromatic heterocycles.